The van der Waals surface area contributed by atoms with Gasteiger partial charge in [0.25, 0.3) is 0 Å². The van der Waals surface area contributed by atoms with Gasteiger partial charge < -0.3 is 10.6 Å². The summed E-state index contributed by atoms with van der Waals surface area (Å²) in [7, 11) is 0. The molecule has 0 aromatic carbocycles. The fourth-order valence-corrected chi connectivity index (χ4v) is 2.56. The van der Waals surface area contributed by atoms with E-state index in [9.17, 15) is 4.79 Å². The maximum atomic E-state index is 12.2. The Morgan fingerprint density at radius 1 is 1.62 bits per heavy atom. The van der Waals surface area contributed by atoms with Gasteiger partial charge in [-0.25, -0.2) is 0 Å². The van der Waals surface area contributed by atoms with Gasteiger partial charge in [-0.15, -0.1) is 0 Å². The Kier molecular flexibility index (Phi) is 2.90. The van der Waals surface area contributed by atoms with Crippen LogP contribution in [0.3, 0.4) is 0 Å². The molecule has 4 nitrogen and oxygen atoms in total. The molecule has 1 amide bonds. The minimum Gasteiger partial charge on any atom is -0.322 e. The molecule has 1 saturated carbocycles. The smallest absolute Gasteiger partial charge is 0.241 e. The predicted octanol–water partition coefficient (Wildman–Crippen LogP) is 0.873. The molecule has 2 aliphatic rings. The van der Waals surface area contributed by atoms with E-state index in [1.54, 1.807) is 4.90 Å². The Bertz CT molecular complexity index is 336. The molecule has 0 spiro atoms. The second kappa shape index (κ2) is 4.06. The molecule has 3 unspecified atom stereocenters. The number of hydrogen-bond donors (Lipinski definition) is 1. The highest BCUT2D eigenvalue weighted by Gasteiger charge is 2.54. The van der Waals surface area contributed by atoms with Crippen LogP contribution in [0.5, 0.6) is 0 Å². The van der Waals surface area contributed by atoms with Crippen LogP contribution in [0.15, 0.2) is 0 Å². The van der Waals surface area contributed by atoms with Gasteiger partial charge in [0.15, 0.2) is 0 Å². The number of amides is 1. The van der Waals surface area contributed by atoms with Gasteiger partial charge in [0, 0.05) is 6.04 Å². The fourth-order valence-electron chi connectivity index (χ4n) is 2.56. The van der Waals surface area contributed by atoms with Crippen molar-refractivity contribution in [2.24, 2.45) is 17.6 Å². The minimum absolute atomic E-state index is 0.0223. The monoisotopic (exact) mass is 221 g/mol. The Hall–Kier alpha value is -1.08. The van der Waals surface area contributed by atoms with Crippen LogP contribution >= 0.6 is 0 Å². The van der Waals surface area contributed by atoms with Crippen LogP contribution in [-0.4, -0.2) is 28.9 Å². The van der Waals surface area contributed by atoms with Crippen molar-refractivity contribution in [2.75, 3.05) is 0 Å². The van der Waals surface area contributed by atoms with Gasteiger partial charge in [0.1, 0.15) is 6.04 Å². The number of fused-ring (bicyclic) bond motifs is 1. The summed E-state index contributed by atoms with van der Waals surface area (Å²) < 4.78 is 0. The zero-order valence-electron chi connectivity index (χ0n) is 9.89. The maximum Gasteiger partial charge on any atom is 0.241 e. The highest BCUT2D eigenvalue weighted by atomic mass is 16.2. The molecule has 4 heteroatoms. The molecule has 0 aromatic rings. The van der Waals surface area contributed by atoms with Gasteiger partial charge in [-0.05, 0) is 24.7 Å². The summed E-state index contributed by atoms with van der Waals surface area (Å²) in [6.07, 6.45) is 2.81. The number of nitrogens with two attached hydrogens (primary N) is 1. The van der Waals surface area contributed by atoms with Crippen molar-refractivity contribution in [2.45, 2.75) is 51.2 Å². The molecule has 5 atom stereocenters. The van der Waals surface area contributed by atoms with Crippen LogP contribution in [0.1, 0.15) is 33.1 Å². The molecule has 16 heavy (non-hydrogen) atoms. The first-order valence-electron chi connectivity index (χ1n) is 6.07. The molecule has 88 valence electrons. The van der Waals surface area contributed by atoms with Crippen molar-refractivity contribution in [3.8, 4) is 6.07 Å². The number of piperidine rings is 1. The third-order valence-electron chi connectivity index (χ3n) is 4.05. The lowest BCUT2D eigenvalue weighted by molar-refractivity contribution is -0.134. The van der Waals surface area contributed by atoms with Crippen molar-refractivity contribution < 1.29 is 4.79 Å². The second-order valence-electron chi connectivity index (χ2n) is 5.10. The summed E-state index contributed by atoms with van der Waals surface area (Å²) in [5.41, 5.74) is 5.95. The molecule has 2 N–H and O–H groups in total. The normalized spacial score (nSPS) is 35.1. The standard InChI is InChI=1S/C12H19N3O/c1-3-7(2)11(14)12(16)15-9(6-13)4-8-5-10(8)15/h7-11H,3-5,14H2,1-2H3/t7?,8?,9-,10-,11?/m0/s1. The van der Waals surface area contributed by atoms with E-state index in [0.717, 1.165) is 19.3 Å². The summed E-state index contributed by atoms with van der Waals surface area (Å²) in [4.78, 5) is 14.0. The molecule has 2 rings (SSSR count). The van der Waals surface area contributed by atoms with Crippen LogP contribution in [-0.2, 0) is 4.79 Å². The molecule has 1 aliphatic carbocycles. The average molecular weight is 221 g/mol. The Morgan fingerprint density at radius 2 is 2.31 bits per heavy atom. The fraction of sp³-hybridized carbons (Fsp3) is 0.833. The van der Waals surface area contributed by atoms with Crippen LogP contribution < -0.4 is 5.73 Å². The largest absolute Gasteiger partial charge is 0.322 e. The minimum atomic E-state index is -0.444. The van der Waals surface area contributed by atoms with E-state index >= 15 is 0 Å². The zero-order valence-corrected chi connectivity index (χ0v) is 9.89. The molecular formula is C12H19N3O. The van der Waals surface area contributed by atoms with Crippen molar-refractivity contribution in [3.63, 3.8) is 0 Å². The molecule has 1 heterocycles. The Balaban J connectivity index is 2.06. The van der Waals surface area contributed by atoms with Crippen LogP contribution in [0.2, 0.25) is 0 Å². The van der Waals surface area contributed by atoms with Crippen LogP contribution in [0.25, 0.3) is 0 Å². The van der Waals surface area contributed by atoms with Gasteiger partial charge in [-0.2, -0.15) is 5.26 Å². The zero-order chi connectivity index (χ0) is 11.9. The first kappa shape index (κ1) is 11.4. The summed E-state index contributed by atoms with van der Waals surface area (Å²) in [5.74, 6) is 0.730. The SMILES string of the molecule is CCC(C)C(N)C(=O)N1[C@H](C#N)CC2C[C@@H]21. The summed E-state index contributed by atoms with van der Waals surface area (Å²) >= 11 is 0. The second-order valence-corrected chi connectivity index (χ2v) is 5.10. The number of carbonyl (C=O) groups excluding carboxylic acids is 1. The lowest BCUT2D eigenvalue weighted by Gasteiger charge is -2.28. The number of hydrogen-bond acceptors (Lipinski definition) is 3. The molecule has 0 radical (unpaired) electrons. The molecule has 1 aliphatic heterocycles. The Labute approximate surface area is 96.4 Å². The van der Waals surface area contributed by atoms with E-state index in [-0.39, 0.29) is 17.9 Å². The van der Waals surface area contributed by atoms with Crippen molar-refractivity contribution in [1.29, 1.82) is 5.26 Å². The lowest BCUT2D eigenvalue weighted by Crippen LogP contribution is -2.49. The number of nitriles is 1. The lowest BCUT2D eigenvalue weighted by atomic mass is 9.98. The van der Waals surface area contributed by atoms with Gasteiger partial charge in [-0.3, -0.25) is 4.79 Å². The Morgan fingerprint density at radius 3 is 2.88 bits per heavy atom. The van der Waals surface area contributed by atoms with Gasteiger partial charge in [0.2, 0.25) is 5.91 Å². The van der Waals surface area contributed by atoms with E-state index in [1.807, 2.05) is 13.8 Å². The maximum absolute atomic E-state index is 12.2. The van der Waals surface area contributed by atoms with Crippen LogP contribution in [0.4, 0.5) is 0 Å². The number of likely N-dealkylation sites (tertiary alicyclic amines) is 1. The van der Waals surface area contributed by atoms with Gasteiger partial charge in [-0.1, -0.05) is 20.3 Å². The van der Waals surface area contributed by atoms with E-state index < -0.39 is 6.04 Å². The average Bonchev–Trinajstić information content (AvgIpc) is 2.97. The van der Waals surface area contributed by atoms with Gasteiger partial charge in [0.05, 0.1) is 12.1 Å². The number of nitrogens with zero attached hydrogens (tertiary/aromatic N) is 2. The number of carbonyl (C=O) groups is 1. The van der Waals surface area contributed by atoms with Crippen molar-refractivity contribution in [1.82, 2.24) is 4.90 Å². The topological polar surface area (TPSA) is 70.1 Å². The highest BCUT2D eigenvalue weighted by molar-refractivity contribution is 5.83. The number of rotatable bonds is 3. The third kappa shape index (κ3) is 1.69. The molecule has 1 saturated heterocycles. The van der Waals surface area contributed by atoms with E-state index in [1.165, 1.54) is 0 Å². The molecule has 2 fully saturated rings. The van der Waals surface area contributed by atoms with Crippen LogP contribution in [0, 0.1) is 23.2 Å². The molecular weight excluding hydrogens is 202 g/mol. The quantitative estimate of drug-likeness (QED) is 0.768. The van der Waals surface area contributed by atoms with Crippen molar-refractivity contribution >= 4 is 5.91 Å². The highest BCUT2D eigenvalue weighted by Crippen LogP contribution is 2.47. The van der Waals surface area contributed by atoms with E-state index in [0.29, 0.717) is 12.0 Å². The summed E-state index contributed by atoms with van der Waals surface area (Å²) in [6, 6.07) is 1.85. The summed E-state index contributed by atoms with van der Waals surface area (Å²) in [5, 5.41) is 9.02. The van der Waals surface area contributed by atoms with E-state index in [4.69, 9.17) is 11.0 Å². The first-order valence-corrected chi connectivity index (χ1v) is 6.07. The van der Waals surface area contributed by atoms with Crippen molar-refractivity contribution in [3.05, 3.63) is 0 Å². The van der Waals surface area contributed by atoms with Gasteiger partial charge >= 0.3 is 0 Å². The predicted molar refractivity (Wildman–Crippen MR) is 60.2 cm³/mol. The molecule has 0 bridgehead atoms. The first-order chi connectivity index (χ1) is 7.60. The third-order valence-corrected chi connectivity index (χ3v) is 4.05. The summed E-state index contributed by atoms with van der Waals surface area (Å²) in [6.45, 7) is 4.02. The van der Waals surface area contributed by atoms with E-state index in [2.05, 4.69) is 6.07 Å². The molecule has 0 aromatic heterocycles.